The molecule has 0 spiro atoms. The van der Waals surface area contributed by atoms with Crippen LogP contribution in [0, 0.1) is 0 Å². The summed E-state index contributed by atoms with van der Waals surface area (Å²) in [5, 5.41) is 0. The van der Waals surface area contributed by atoms with Crippen molar-refractivity contribution < 1.29 is 0 Å². The number of nitrogens with zero attached hydrogens (tertiary/aromatic N) is 4. The molecule has 0 fully saturated rings. The molecule has 0 N–H and O–H groups in total. The summed E-state index contributed by atoms with van der Waals surface area (Å²) in [6, 6.07) is 20.7. The lowest BCUT2D eigenvalue weighted by Crippen LogP contribution is -2.28. The molecule has 2 heterocycles. The van der Waals surface area contributed by atoms with Crippen molar-refractivity contribution in [1.29, 1.82) is 0 Å². The van der Waals surface area contributed by atoms with E-state index in [4.69, 9.17) is 9.97 Å². The maximum atomic E-state index is 5.07. The fraction of sp³-hybridized carbons (Fsp3) is 0.280. The predicted molar refractivity (Wildman–Crippen MR) is 119 cm³/mol. The van der Waals surface area contributed by atoms with E-state index in [-0.39, 0.29) is 5.41 Å². The third kappa shape index (κ3) is 3.51. The molecule has 4 rings (SSSR count). The monoisotopic (exact) mass is 384 g/mol. The van der Waals surface area contributed by atoms with Gasteiger partial charge in [-0.15, -0.1) is 0 Å². The molecule has 0 saturated heterocycles. The highest BCUT2D eigenvalue weighted by atomic mass is 15.1. The zero-order chi connectivity index (χ0) is 20.4. The topological polar surface area (TPSA) is 35.6 Å². The van der Waals surface area contributed by atoms with Crippen LogP contribution in [-0.2, 0) is 18.5 Å². The zero-order valence-electron chi connectivity index (χ0n) is 17.6. The molecule has 0 bridgehead atoms. The van der Waals surface area contributed by atoms with Crippen LogP contribution in [0.15, 0.2) is 73.1 Å². The summed E-state index contributed by atoms with van der Waals surface area (Å²) in [6.07, 6.45) is 4.31. The number of imidazole rings is 2. The minimum absolute atomic E-state index is 0.327. The van der Waals surface area contributed by atoms with Crippen LogP contribution in [0.25, 0.3) is 22.5 Å². The van der Waals surface area contributed by atoms with Gasteiger partial charge in [-0.3, -0.25) is 0 Å². The highest BCUT2D eigenvalue weighted by molar-refractivity contribution is 5.60. The van der Waals surface area contributed by atoms with Gasteiger partial charge >= 0.3 is 0 Å². The lowest BCUT2D eigenvalue weighted by molar-refractivity contribution is 0.485. The molecule has 4 heteroatoms. The quantitative estimate of drug-likeness (QED) is 0.422. The Morgan fingerprint density at radius 3 is 1.38 bits per heavy atom. The predicted octanol–water partition coefficient (Wildman–Crippen LogP) is 5.78. The van der Waals surface area contributed by atoms with Crippen molar-refractivity contribution in [1.82, 2.24) is 19.1 Å². The fourth-order valence-corrected chi connectivity index (χ4v) is 3.91. The molecule has 0 atom stereocenters. The second-order valence-corrected chi connectivity index (χ2v) is 7.83. The van der Waals surface area contributed by atoms with Gasteiger partial charge in [0.25, 0.3) is 0 Å². The van der Waals surface area contributed by atoms with Gasteiger partial charge in [0.2, 0.25) is 0 Å². The maximum absolute atomic E-state index is 5.07. The van der Waals surface area contributed by atoms with Gasteiger partial charge in [-0.1, -0.05) is 60.7 Å². The minimum atomic E-state index is -0.327. The van der Waals surface area contributed by atoms with Crippen LogP contribution in [-0.4, -0.2) is 19.1 Å². The molecule has 4 nitrogen and oxygen atoms in total. The molecular weight excluding hydrogens is 356 g/mol. The summed E-state index contributed by atoms with van der Waals surface area (Å²) in [4.78, 5) is 10.1. The van der Waals surface area contributed by atoms with Gasteiger partial charge in [0.05, 0.1) is 16.8 Å². The van der Waals surface area contributed by atoms with Gasteiger partial charge in [-0.25, -0.2) is 9.97 Å². The van der Waals surface area contributed by atoms with E-state index in [0.717, 1.165) is 47.3 Å². The van der Waals surface area contributed by atoms with Gasteiger partial charge in [-0.2, -0.15) is 0 Å². The molecule has 0 aliphatic carbocycles. The molecule has 0 aliphatic heterocycles. The summed E-state index contributed by atoms with van der Waals surface area (Å²) < 4.78 is 4.50. The van der Waals surface area contributed by atoms with E-state index in [0.29, 0.717) is 0 Å². The first-order chi connectivity index (χ1) is 14.0. The Kier molecular flexibility index (Phi) is 5.10. The maximum Gasteiger partial charge on any atom is 0.122 e. The summed E-state index contributed by atoms with van der Waals surface area (Å²) in [5.41, 5.74) is 3.97. The molecule has 0 saturated carbocycles. The Balaban J connectivity index is 1.81. The van der Waals surface area contributed by atoms with Crippen molar-refractivity contribution in [3.05, 3.63) is 84.7 Å². The SMILES string of the molecule is CCn1cc(-c2ccccc2)nc1C(C)(C)c1nc(-c2ccccc2)cn1CC. The van der Waals surface area contributed by atoms with E-state index in [1.54, 1.807) is 0 Å². The smallest absolute Gasteiger partial charge is 0.122 e. The average molecular weight is 385 g/mol. The third-order valence-electron chi connectivity index (χ3n) is 5.49. The van der Waals surface area contributed by atoms with E-state index in [2.05, 4.69) is 97.8 Å². The van der Waals surface area contributed by atoms with Gasteiger partial charge in [0.1, 0.15) is 11.6 Å². The third-order valence-corrected chi connectivity index (χ3v) is 5.49. The Morgan fingerprint density at radius 1 is 0.655 bits per heavy atom. The number of hydrogen-bond acceptors (Lipinski definition) is 2. The van der Waals surface area contributed by atoms with Gasteiger partial charge in [0, 0.05) is 36.6 Å². The van der Waals surface area contributed by atoms with E-state index >= 15 is 0 Å². The van der Waals surface area contributed by atoms with Crippen LogP contribution in [0.4, 0.5) is 0 Å². The first-order valence-corrected chi connectivity index (χ1v) is 10.3. The largest absolute Gasteiger partial charge is 0.334 e. The Hall–Kier alpha value is -3.14. The Bertz CT molecular complexity index is 1000. The standard InChI is InChI=1S/C25H28N4/c1-5-28-17-21(19-13-9-7-10-14-19)26-23(28)25(3,4)24-27-22(18-29(24)6-2)20-15-11-8-12-16-20/h7-18H,5-6H2,1-4H3. The lowest BCUT2D eigenvalue weighted by Gasteiger charge is -2.25. The van der Waals surface area contributed by atoms with E-state index in [1.807, 2.05) is 12.1 Å². The molecule has 2 aromatic carbocycles. The van der Waals surface area contributed by atoms with Crippen molar-refractivity contribution in [2.45, 2.75) is 46.2 Å². The van der Waals surface area contributed by atoms with Gasteiger partial charge < -0.3 is 9.13 Å². The first kappa shape index (κ1) is 19.2. The molecule has 4 aromatic rings. The van der Waals surface area contributed by atoms with Gasteiger partial charge in [0.15, 0.2) is 0 Å². The van der Waals surface area contributed by atoms with Crippen LogP contribution in [0.5, 0.6) is 0 Å². The molecule has 0 unspecified atom stereocenters. The van der Waals surface area contributed by atoms with Crippen molar-refractivity contribution >= 4 is 0 Å². The summed E-state index contributed by atoms with van der Waals surface area (Å²) >= 11 is 0. The van der Waals surface area contributed by atoms with Crippen LogP contribution in [0.3, 0.4) is 0 Å². The number of rotatable bonds is 6. The molecule has 29 heavy (non-hydrogen) atoms. The molecule has 0 radical (unpaired) electrons. The van der Waals surface area contributed by atoms with Crippen LogP contribution >= 0.6 is 0 Å². The second-order valence-electron chi connectivity index (χ2n) is 7.83. The minimum Gasteiger partial charge on any atom is -0.334 e. The Labute approximate surface area is 172 Å². The number of benzene rings is 2. The van der Waals surface area contributed by atoms with Gasteiger partial charge in [-0.05, 0) is 27.7 Å². The number of hydrogen-bond donors (Lipinski definition) is 0. The summed E-state index contributed by atoms with van der Waals surface area (Å²) in [5.74, 6) is 2.08. The van der Waals surface area contributed by atoms with Crippen LogP contribution < -0.4 is 0 Å². The van der Waals surface area contributed by atoms with Crippen LogP contribution in [0.1, 0.15) is 39.3 Å². The molecular formula is C25H28N4. The lowest BCUT2D eigenvalue weighted by atomic mass is 9.91. The number of aromatic nitrogens is 4. The summed E-state index contributed by atoms with van der Waals surface area (Å²) in [6.45, 7) is 10.5. The average Bonchev–Trinajstić information content (AvgIpc) is 3.40. The highest BCUT2D eigenvalue weighted by Crippen LogP contribution is 2.34. The molecule has 148 valence electrons. The molecule has 0 aliphatic rings. The van der Waals surface area contributed by atoms with Crippen LogP contribution in [0.2, 0.25) is 0 Å². The molecule has 2 aromatic heterocycles. The van der Waals surface area contributed by atoms with E-state index < -0.39 is 0 Å². The van der Waals surface area contributed by atoms with Crippen molar-refractivity contribution in [2.24, 2.45) is 0 Å². The van der Waals surface area contributed by atoms with Crippen molar-refractivity contribution in [3.8, 4) is 22.5 Å². The first-order valence-electron chi connectivity index (χ1n) is 10.3. The van der Waals surface area contributed by atoms with Crippen molar-refractivity contribution in [2.75, 3.05) is 0 Å². The Morgan fingerprint density at radius 2 is 1.03 bits per heavy atom. The zero-order valence-corrected chi connectivity index (χ0v) is 17.6. The summed E-state index contributed by atoms with van der Waals surface area (Å²) in [7, 11) is 0. The normalized spacial score (nSPS) is 11.7. The molecule has 0 amide bonds. The highest BCUT2D eigenvalue weighted by Gasteiger charge is 2.34. The fourth-order valence-electron chi connectivity index (χ4n) is 3.91. The van der Waals surface area contributed by atoms with E-state index in [1.165, 1.54) is 0 Å². The number of aryl methyl sites for hydroxylation is 2. The second kappa shape index (κ2) is 7.70. The van der Waals surface area contributed by atoms with Crippen molar-refractivity contribution in [3.63, 3.8) is 0 Å². The van der Waals surface area contributed by atoms with E-state index in [9.17, 15) is 0 Å².